The zero-order valence-electron chi connectivity index (χ0n) is 10.9. The molecule has 2 aromatic heterocycles. The monoisotopic (exact) mass is 259 g/mol. The van der Waals surface area contributed by atoms with Crippen molar-refractivity contribution in [2.45, 2.75) is 19.9 Å². The second kappa shape index (κ2) is 5.09. The largest absolute Gasteiger partial charge is 0.383 e. The van der Waals surface area contributed by atoms with Gasteiger partial charge in [-0.05, 0) is 18.1 Å². The van der Waals surface area contributed by atoms with Crippen LogP contribution in [0.2, 0.25) is 0 Å². The normalized spacial score (nSPS) is 12.6. The fourth-order valence-corrected chi connectivity index (χ4v) is 2.16. The highest BCUT2D eigenvalue weighted by molar-refractivity contribution is 5.80. The van der Waals surface area contributed by atoms with E-state index in [0.29, 0.717) is 5.82 Å². The van der Waals surface area contributed by atoms with Gasteiger partial charge in [0.25, 0.3) is 0 Å². The topological polar surface area (TPSA) is 99.8 Å². The molecule has 4 N–H and O–H groups in total. The zero-order chi connectivity index (χ0) is 14.0. The van der Waals surface area contributed by atoms with E-state index in [-0.39, 0.29) is 5.92 Å². The minimum Gasteiger partial charge on any atom is -0.383 e. The first-order valence-corrected chi connectivity index (χ1v) is 6.04. The van der Waals surface area contributed by atoms with E-state index in [9.17, 15) is 4.79 Å². The maximum Gasteiger partial charge on any atom is 0.240 e. The predicted molar refractivity (Wildman–Crippen MR) is 72.9 cm³/mol. The summed E-state index contributed by atoms with van der Waals surface area (Å²) in [5.41, 5.74) is 12.8. The smallest absolute Gasteiger partial charge is 0.240 e. The summed E-state index contributed by atoms with van der Waals surface area (Å²) >= 11 is 0. The zero-order valence-corrected chi connectivity index (χ0v) is 10.9. The lowest BCUT2D eigenvalue weighted by atomic mass is 10.0. The number of imidazole rings is 1. The van der Waals surface area contributed by atoms with Gasteiger partial charge in [-0.2, -0.15) is 0 Å². The second-order valence-corrected chi connectivity index (χ2v) is 4.71. The molecule has 2 rings (SSSR count). The van der Waals surface area contributed by atoms with Crippen LogP contribution in [0.4, 0.5) is 5.82 Å². The molecule has 1 amide bonds. The summed E-state index contributed by atoms with van der Waals surface area (Å²) in [6.45, 7) is 3.87. The summed E-state index contributed by atoms with van der Waals surface area (Å²) < 4.78 is 1.75. The number of primary amides is 1. The van der Waals surface area contributed by atoms with E-state index in [2.05, 4.69) is 9.97 Å². The molecular weight excluding hydrogens is 242 g/mol. The molecule has 6 nitrogen and oxygen atoms in total. The Hall–Kier alpha value is -2.37. The number of anilines is 1. The third-order valence-corrected chi connectivity index (χ3v) is 3.00. The van der Waals surface area contributed by atoms with Crippen molar-refractivity contribution in [3.8, 4) is 11.3 Å². The maximum atomic E-state index is 11.6. The number of hydrogen-bond donors (Lipinski definition) is 2. The predicted octanol–water partition coefficient (Wildman–Crippen LogP) is 1.21. The van der Waals surface area contributed by atoms with Crippen LogP contribution in [0, 0.1) is 5.92 Å². The van der Waals surface area contributed by atoms with Crippen molar-refractivity contribution >= 4 is 11.7 Å². The van der Waals surface area contributed by atoms with Crippen LogP contribution in [0.5, 0.6) is 0 Å². The van der Waals surface area contributed by atoms with Gasteiger partial charge < -0.3 is 16.0 Å². The molecule has 0 aromatic carbocycles. The van der Waals surface area contributed by atoms with Crippen LogP contribution >= 0.6 is 0 Å². The molecule has 0 saturated carbocycles. The Balaban J connectivity index is 2.54. The molecule has 0 aliphatic carbocycles. The first-order chi connectivity index (χ1) is 9.02. The Bertz CT molecular complexity index is 590. The molecule has 0 saturated heterocycles. The Morgan fingerprint density at radius 1 is 1.42 bits per heavy atom. The third-order valence-electron chi connectivity index (χ3n) is 3.00. The third kappa shape index (κ3) is 2.42. The molecule has 6 heteroatoms. The molecule has 0 radical (unpaired) electrons. The van der Waals surface area contributed by atoms with Gasteiger partial charge in [0, 0.05) is 11.8 Å². The number of carbonyl (C=O) groups excluding carboxylic acids is 1. The molecule has 1 unspecified atom stereocenters. The van der Waals surface area contributed by atoms with Crippen LogP contribution in [0.15, 0.2) is 30.9 Å². The molecule has 0 bridgehead atoms. The Labute approximate surface area is 111 Å². The van der Waals surface area contributed by atoms with Crippen molar-refractivity contribution in [2.75, 3.05) is 5.73 Å². The summed E-state index contributed by atoms with van der Waals surface area (Å²) in [5, 5.41) is 0. The lowest BCUT2D eigenvalue weighted by molar-refractivity contribution is -0.122. The molecule has 19 heavy (non-hydrogen) atoms. The van der Waals surface area contributed by atoms with Crippen LogP contribution in [0.1, 0.15) is 19.9 Å². The van der Waals surface area contributed by atoms with Crippen molar-refractivity contribution in [1.82, 2.24) is 14.5 Å². The first kappa shape index (κ1) is 13.1. The quantitative estimate of drug-likeness (QED) is 0.861. The van der Waals surface area contributed by atoms with Gasteiger partial charge in [-0.3, -0.25) is 4.79 Å². The number of nitrogens with two attached hydrogens (primary N) is 2. The van der Waals surface area contributed by atoms with Crippen molar-refractivity contribution < 1.29 is 4.79 Å². The molecule has 100 valence electrons. The number of nitrogen functional groups attached to an aromatic ring is 1. The van der Waals surface area contributed by atoms with Crippen LogP contribution in [0.25, 0.3) is 11.3 Å². The van der Waals surface area contributed by atoms with Crippen LogP contribution in [-0.2, 0) is 4.79 Å². The minimum atomic E-state index is -0.461. The fourth-order valence-electron chi connectivity index (χ4n) is 2.16. The van der Waals surface area contributed by atoms with E-state index in [1.165, 1.54) is 0 Å². The molecule has 2 aromatic rings. The lowest BCUT2D eigenvalue weighted by Gasteiger charge is -2.21. The Morgan fingerprint density at radius 2 is 2.16 bits per heavy atom. The van der Waals surface area contributed by atoms with E-state index in [1.54, 1.807) is 29.4 Å². The molecule has 0 aliphatic rings. The van der Waals surface area contributed by atoms with E-state index in [0.717, 1.165) is 11.3 Å². The van der Waals surface area contributed by atoms with Gasteiger partial charge in [-0.25, -0.2) is 9.97 Å². The number of nitrogens with zero attached hydrogens (tertiary/aromatic N) is 3. The number of amides is 1. The van der Waals surface area contributed by atoms with Gasteiger partial charge in [-0.1, -0.05) is 13.8 Å². The second-order valence-electron chi connectivity index (χ2n) is 4.71. The summed E-state index contributed by atoms with van der Waals surface area (Å²) in [7, 11) is 0. The molecule has 0 spiro atoms. The number of carbonyl (C=O) groups is 1. The van der Waals surface area contributed by atoms with Crippen molar-refractivity contribution in [3.05, 3.63) is 30.9 Å². The Kier molecular flexibility index (Phi) is 3.50. The fraction of sp³-hybridized carbons (Fsp3) is 0.308. The van der Waals surface area contributed by atoms with E-state index in [1.807, 2.05) is 19.9 Å². The van der Waals surface area contributed by atoms with Gasteiger partial charge >= 0.3 is 0 Å². The summed E-state index contributed by atoms with van der Waals surface area (Å²) in [4.78, 5) is 19.8. The van der Waals surface area contributed by atoms with Crippen LogP contribution < -0.4 is 11.5 Å². The van der Waals surface area contributed by atoms with Crippen LogP contribution in [0.3, 0.4) is 0 Å². The molecule has 1 atom stereocenters. The van der Waals surface area contributed by atoms with Crippen LogP contribution in [-0.4, -0.2) is 20.4 Å². The molecule has 0 fully saturated rings. The number of pyridine rings is 1. The average molecular weight is 259 g/mol. The Morgan fingerprint density at radius 3 is 2.74 bits per heavy atom. The summed E-state index contributed by atoms with van der Waals surface area (Å²) in [5.74, 6) is 0.0660. The van der Waals surface area contributed by atoms with Gasteiger partial charge in [0.2, 0.25) is 5.91 Å². The minimum absolute atomic E-state index is 0.0587. The van der Waals surface area contributed by atoms with Gasteiger partial charge in [0.05, 0.1) is 18.2 Å². The standard InChI is InChI=1S/C13H17N5O/c1-8(2)11(13(15)19)18-7-16-6-10(18)9-4-3-5-17-12(9)14/h3-8,11H,1-2H3,(H2,14,17)(H2,15,19). The maximum absolute atomic E-state index is 11.6. The average Bonchev–Trinajstić information content (AvgIpc) is 2.77. The van der Waals surface area contributed by atoms with E-state index < -0.39 is 11.9 Å². The molecule has 0 aliphatic heterocycles. The van der Waals surface area contributed by atoms with Gasteiger partial charge in [-0.15, -0.1) is 0 Å². The molecule has 2 heterocycles. The first-order valence-electron chi connectivity index (χ1n) is 6.04. The summed E-state index contributed by atoms with van der Waals surface area (Å²) in [6, 6.07) is 3.17. The number of rotatable bonds is 4. The summed E-state index contributed by atoms with van der Waals surface area (Å²) in [6.07, 6.45) is 4.87. The lowest BCUT2D eigenvalue weighted by Crippen LogP contribution is -2.30. The van der Waals surface area contributed by atoms with Crippen molar-refractivity contribution in [2.24, 2.45) is 11.7 Å². The molecular formula is C13H17N5O. The highest BCUT2D eigenvalue weighted by Gasteiger charge is 2.24. The van der Waals surface area contributed by atoms with Gasteiger partial charge in [0.1, 0.15) is 11.9 Å². The number of aromatic nitrogens is 3. The number of hydrogen-bond acceptors (Lipinski definition) is 4. The van der Waals surface area contributed by atoms with Crippen molar-refractivity contribution in [3.63, 3.8) is 0 Å². The highest BCUT2D eigenvalue weighted by Crippen LogP contribution is 2.28. The highest BCUT2D eigenvalue weighted by atomic mass is 16.1. The van der Waals surface area contributed by atoms with E-state index >= 15 is 0 Å². The van der Waals surface area contributed by atoms with Crippen molar-refractivity contribution in [1.29, 1.82) is 0 Å². The van der Waals surface area contributed by atoms with Gasteiger partial charge in [0.15, 0.2) is 0 Å². The van der Waals surface area contributed by atoms with E-state index in [4.69, 9.17) is 11.5 Å². The SMILES string of the molecule is CC(C)C(C(N)=O)n1cncc1-c1cccnc1N.